The minimum absolute atomic E-state index is 0.356. The van der Waals surface area contributed by atoms with Gasteiger partial charge in [0.1, 0.15) is 5.75 Å². The molecule has 0 saturated heterocycles. The third kappa shape index (κ3) is 6.31. The average Bonchev–Trinajstić information content (AvgIpc) is 2.64. The first-order chi connectivity index (χ1) is 12.9. The predicted octanol–water partition coefficient (Wildman–Crippen LogP) is 4.44. The summed E-state index contributed by atoms with van der Waals surface area (Å²) in [5.41, 5.74) is 1.45. The minimum Gasteiger partial charge on any atom is -0.496 e. The highest BCUT2D eigenvalue weighted by Gasteiger charge is 2.14. The van der Waals surface area contributed by atoms with E-state index in [1.54, 1.807) is 50.4 Å². The number of esters is 1. The first kappa shape index (κ1) is 20.8. The SMILES string of the molecule is COc1ccccc1/C=C/C(=O)OCC(=O)NC(C)c1ccc(Cl)cc1Cl. The second-order valence-corrected chi connectivity index (χ2v) is 6.48. The fraction of sp³-hybridized carbons (Fsp3) is 0.200. The standard InChI is InChI=1S/C20H19Cl2NO4/c1-13(16-9-8-15(21)11-17(16)22)23-19(24)12-27-20(25)10-7-14-5-3-4-6-18(14)26-2/h3-11,13H,12H2,1-2H3,(H,23,24)/b10-7+. The fourth-order valence-electron chi connectivity index (χ4n) is 2.36. The monoisotopic (exact) mass is 407 g/mol. The molecule has 0 radical (unpaired) electrons. The maximum absolute atomic E-state index is 12.0. The van der Waals surface area contributed by atoms with Gasteiger partial charge in [0, 0.05) is 21.7 Å². The Bertz CT molecular complexity index is 852. The minimum atomic E-state index is -0.631. The van der Waals surface area contributed by atoms with Crippen LogP contribution in [0, 0.1) is 0 Å². The molecule has 0 saturated carbocycles. The smallest absolute Gasteiger partial charge is 0.331 e. The van der Waals surface area contributed by atoms with Gasteiger partial charge in [-0.2, -0.15) is 0 Å². The Kier molecular flexibility index (Phi) is 7.70. The van der Waals surface area contributed by atoms with E-state index >= 15 is 0 Å². The van der Waals surface area contributed by atoms with Crippen LogP contribution in [0.2, 0.25) is 10.0 Å². The molecule has 0 spiro atoms. The highest BCUT2D eigenvalue weighted by Crippen LogP contribution is 2.26. The van der Waals surface area contributed by atoms with Crippen molar-refractivity contribution in [2.45, 2.75) is 13.0 Å². The number of hydrogen-bond donors (Lipinski definition) is 1. The first-order valence-electron chi connectivity index (χ1n) is 8.13. The summed E-state index contributed by atoms with van der Waals surface area (Å²) in [4.78, 5) is 23.8. The molecule has 0 fully saturated rings. The molecular formula is C20H19Cl2NO4. The zero-order valence-electron chi connectivity index (χ0n) is 14.9. The van der Waals surface area contributed by atoms with Crippen LogP contribution in [-0.4, -0.2) is 25.6 Å². The lowest BCUT2D eigenvalue weighted by molar-refractivity contribution is -0.144. The van der Waals surface area contributed by atoms with Crippen molar-refractivity contribution in [3.63, 3.8) is 0 Å². The van der Waals surface area contributed by atoms with Gasteiger partial charge in [-0.05, 0) is 36.8 Å². The van der Waals surface area contributed by atoms with Crippen LogP contribution in [0.5, 0.6) is 5.75 Å². The lowest BCUT2D eigenvalue weighted by Gasteiger charge is -2.15. The van der Waals surface area contributed by atoms with Crippen LogP contribution in [0.1, 0.15) is 24.1 Å². The molecular weight excluding hydrogens is 389 g/mol. The van der Waals surface area contributed by atoms with E-state index in [1.807, 2.05) is 12.1 Å². The van der Waals surface area contributed by atoms with E-state index in [-0.39, 0.29) is 6.04 Å². The van der Waals surface area contributed by atoms with Gasteiger partial charge in [0.2, 0.25) is 0 Å². The Morgan fingerprint density at radius 1 is 1.19 bits per heavy atom. The molecule has 142 valence electrons. The van der Waals surface area contributed by atoms with Crippen molar-refractivity contribution in [3.05, 3.63) is 69.7 Å². The molecule has 0 aliphatic rings. The average molecular weight is 408 g/mol. The number of hydrogen-bond acceptors (Lipinski definition) is 4. The molecule has 0 aliphatic heterocycles. The summed E-state index contributed by atoms with van der Waals surface area (Å²) in [6.07, 6.45) is 2.81. The quantitative estimate of drug-likeness (QED) is 0.544. The summed E-state index contributed by atoms with van der Waals surface area (Å²) >= 11 is 12.0. The number of methoxy groups -OCH3 is 1. The highest BCUT2D eigenvalue weighted by molar-refractivity contribution is 6.35. The molecule has 0 aliphatic carbocycles. The van der Waals surface area contributed by atoms with Crippen molar-refractivity contribution in [2.24, 2.45) is 0 Å². The summed E-state index contributed by atoms with van der Waals surface area (Å²) in [6, 6.07) is 11.9. The topological polar surface area (TPSA) is 64.6 Å². The van der Waals surface area contributed by atoms with Crippen molar-refractivity contribution in [1.82, 2.24) is 5.32 Å². The van der Waals surface area contributed by atoms with Crippen molar-refractivity contribution in [3.8, 4) is 5.75 Å². The lowest BCUT2D eigenvalue weighted by Crippen LogP contribution is -2.31. The van der Waals surface area contributed by atoms with Crippen LogP contribution in [0.3, 0.4) is 0 Å². The van der Waals surface area contributed by atoms with E-state index < -0.39 is 18.5 Å². The van der Waals surface area contributed by atoms with E-state index in [1.165, 1.54) is 6.08 Å². The van der Waals surface area contributed by atoms with Crippen LogP contribution in [-0.2, 0) is 14.3 Å². The molecule has 1 amide bonds. The molecule has 0 bridgehead atoms. The third-order valence-electron chi connectivity index (χ3n) is 3.69. The number of ether oxygens (including phenoxy) is 2. The maximum atomic E-state index is 12.0. The summed E-state index contributed by atoms with van der Waals surface area (Å²) < 4.78 is 10.1. The number of benzene rings is 2. The van der Waals surface area contributed by atoms with E-state index in [0.29, 0.717) is 15.8 Å². The molecule has 1 N–H and O–H groups in total. The molecule has 27 heavy (non-hydrogen) atoms. The third-order valence-corrected chi connectivity index (χ3v) is 4.25. The zero-order chi connectivity index (χ0) is 19.8. The number of para-hydroxylation sites is 1. The molecule has 2 aromatic rings. The van der Waals surface area contributed by atoms with Crippen molar-refractivity contribution >= 4 is 41.2 Å². The van der Waals surface area contributed by atoms with Gasteiger partial charge in [-0.1, -0.05) is 47.5 Å². The summed E-state index contributed by atoms with van der Waals surface area (Å²) in [6.45, 7) is 1.38. The largest absolute Gasteiger partial charge is 0.496 e. The second-order valence-electron chi connectivity index (χ2n) is 5.64. The van der Waals surface area contributed by atoms with Crippen molar-refractivity contribution < 1.29 is 19.1 Å². The van der Waals surface area contributed by atoms with Crippen LogP contribution >= 0.6 is 23.2 Å². The number of halogens is 2. The Balaban J connectivity index is 1.85. The van der Waals surface area contributed by atoms with Crippen LogP contribution < -0.4 is 10.1 Å². The number of carbonyl (C=O) groups excluding carboxylic acids is 2. The summed E-state index contributed by atoms with van der Waals surface area (Å²) in [5.74, 6) is -0.436. The molecule has 2 rings (SSSR count). The van der Waals surface area contributed by atoms with Crippen LogP contribution in [0.4, 0.5) is 0 Å². The van der Waals surface area contributed by atoms with Gasteiger partial charge in [-0.25, -0.2) is 4.79 Å². The van der Waals surface area contributed by atoms with E-state index in [9.17, 15) is 9.59 Å². The van der Waals surface area contributed by atoms with Crippen molar-refractivity contribution in [1.29, 1.82) is 0 Å². The fourth-order valence-corrected chi connectivity index (χ4v) is 2.93. The van der Waals surface area contributed by atoms with Gasteiger partial charge in [-0.3, -0.25) is 4.79 Å². The molecule has 5 nitrogen and oxygen atoms in total. The van der Waals surface area contributed by atoms with Crippen molar-refractivity contribution in [2.75, 3.05) is 13.7 Å². The Morgan fingerprint density at radius 2 is 1.93 bits per heavy atom. The second kappa shape index (κ2) is 10.00. The highest BCUT2D eigenvalue weighted by atomic mass is 35.5. The Labute approximate surface area is 167 Å². The Hall–Kier alpha value is -2.50. The zero-order valence-corrected chi connectivity index (χ0v) is 16.4. The normalized spacial score (nSPS) is 11.9. The number of carbonyl (C=O) groups is 2. The molecule has 1 atom stereocenters. The van der Waals surface area contributed by atoms with Crippen LogP contribution in [0.25, 0.3) is 6.08 Å². The van der Waals surface area contributed by atoms with Crippen LogP contribution in [0.15, 0.2) is 48.5 Å². The molecule has 0 heterocycles. The number of nitrogens with one attached hydrogen (secondary N) is 1. The number of rotatable bonds is 7. The lowest BCUT2D eigenvalue weighted by atomic mass is 10.1. The van der Waals surface area contributed by atoms with E-state index in [0.717, 1.165) is 11.1 Å². The predicted molar refractivity (Wildman–Crippen MR) is 106 cm³/mol. The van der Waals surface area contributed by atoms with E-state index in [2.05, 4.69) is 5.32 Å². The van der Waals surface area contributed by atoms with Gasteiger partial charge in [0.15, 0.2) is 6.61 Å². The Morgan fingerprint density at radius 3 is 2.63 bits per heavy atom. The van der Waals surface area contributed by atoms with Gasteiger partial charge in [0.05, 0.1) is 13.2 Å². The molecule has 0 aromatic heterocycles. The van der Waals surface area contributed by atoms with Gasteiger partial charge >= 0.3 is 5.97 Å². The molecule has 2 aromatic carbocycles. The summed E-state index contributed by atoms with van der Waals surface area (Å²) in [7, 11) is 1.55. The molecule has 7 heteroatoms. The van der Waals surface area contributed by atoms with Gasteiger partial charge < -0.3 is 14.8 Å². The summed E-state index contributed by atoms with van der Waals surface area (Å²) in [5, 5.41) is 3.68. The maximum Gasteiger partial charge on any atom is 0.331 e. The first-order valence-corrected chi connectivity index (χ1v) is 8.88. The van der Waals surface area contributed by atoms with E-state index in [4.69, 9.17) is 32.7 Å². The van der Waals surface area contributed by atoms with Gasteiger partial charge in [0.25, 0.3) is 5.91 Å². The van der Waals surface area contributed by atoms with Gasteiger partial charge in [-0.15, -0.1) is 0 Å². The number of amides is 1. The molecule has 1 unspecified atom stereocenters.